The summed E-state index contributed by atoms with van der Waals surface area (Å²) in [5, 5.41) is 0.477. The molecule has 0 radical (unpaired) electrons. The van der Waals surface area contributed by atoms with Gasteiger partial charge in [0.1, 0.15) is 0 Å². The molecule has 1 unspecified atom stereocenters. The van der Waals surface area contributed by atoms with Crippen molar-refractivity contribution in [1.82, 2.24) is 9.71 Å². The summed E-state index contributed by atoms with van der Waals surface area (Å²) in [6, 6.07) is 9.43. The van der Waals surface area contributed by atoms with E-state index in [9.17, 15) is 18.0 Å². The standard InChI is InChI=1S/C24H27ClN2O5S/c1-33(30,31)27-23(28)9-6-17-4-5-18(13-21(17)25)20(12-15-10-11-32-14-15)22-8-7-19(16-2-3-16)24(29)26-22/h4-5,7-8,12-13,15-16H,2-3,6,9-11,14H2,1H3,(H,26,29)(H,27,28)/b20-12+. The highest BCUT2D eigenvalue weighted by molar-refractivity contribution is 7.89. The summed E-state index contributed by atoms with van der Waals surface area (Å²) in [6.45, 7) is 1.34. The van der Waals surface area contributed by atoms with Crippen LogP contribution in [0.5, 0.6) is 0 Å². The topological polar surface area (TPSA) is 105 Å². The zero-order valence-corrected chi connectivity index (χ0v) is 20.0. The molecule has 9 heteroatoms. The van der Waals surface area contributed by atoms with Crippen molar-refractivity contribution in [3.63, 3.8) is 0 Å². The Morgan fingerprint density at radius 2 is 2.03 bits per heavy atom. The highest BCUT2D eigenvalue weighted by Gasteiger charge is 2.26. The number of amides is 1. The molecule has 1 saturated carbocycles. The predicted molar refractivity (Wildman–Crippen MR) is 128 cm³/mol. The second-order valence-electron chi connectivity index (χ2n) is 8.74. The van der Waals surface area contributed by atoms with E-state index in [2.05, 4.69) is 11.1 Å². The fourth-order valence-electron chi connectivity index (χ4n) is 4.04. The lowest BCUT2D eigenvalue weighted by Crippen LogP contribution is -2.29. The van der Waals surface area contributed by atoms with E-state index in [4.69, 9.17) is 16.3 Å². The quantitative estimate of drug-likeness (QED) is 0.590. The number of aromatic amines is 1. The molecule has 7 nitrogen and oxygen atoms in total. The lowest BCUT2D eigenvalue weighted by Gasteiger charge is -2.14. The van der Waals surface area contributed by atoms with Gasteiger partial charge in [0, 0.05) is 40.8 Å². The van der Waals surface area contributed by atoms with Gasteiger partial charge in [0.05, 0.1) is 12.9 Å². The Kier molecular flexibility index (Phi) is 7.07. The van der Waals surface area contributed by atoms with Crippen LogP contribution >= 0.6 is 11.6 Å². The van der Waals surface area contributed by atoms with Gasteiger partial charge in [0.2, 0.25) is 15.9 Å². The van der Waals surface area contributed by atoms with Crippen molar-refractivity contribution in [2.24, 2.45) is 5.92 Å². The maximum atomic E-state index is 12.6. The van der Waals surface area contributed by atoms with Crippen molar-refractivity contribution in [1.29, 1.82) is 0 Å². The van der Waals surface area contributed by atoms with Crippen LogP contribution in [0.1, 0.15) is 54.0 Å². The Labute approximate surface area is 198 Å². The second-order valence-corrected chi connectivity index (χ2v) is 10.9. The minimum absolute atomic E-state index is 0.00416. The Balaban J connectivity index is 1.59. The van der Waals surface area contributed by atoms with Crippen LogP contribution in [-0.2, 0) is 26.0 Å². The van der Waals surface area contributed by atoms with Crippen LogP contribution in [0.15, 0.2) is 41.2 Å². The average molecular weight is 491 g/mol. The first-order valence-electron chi connectivity index (χ1n) is 11.0. The van der Waals surface area contributed by atoms with Crippen LogP contribution < -0.4 is 10.3 Å². The van der Waals surface area contributed by atoms with Crippen molar-refractivity contribution < 1.29 is 17.9 Å². The number of hydrogen-bond donors (Lipinski definition) is 2. The zero-order chi connectivity index (χ0) is 23.6. The molecular weight excluding hydrogens is 464 g/mol. The summed E-state index contributed by atoms with van der Waals surface area (Å²) < 4.78 is 29.9. The summed E-state index contributed by atoms with van der Waals surface area (Å²) in [5.41, 5.74) is 3.99. The van der Waals surface area contributed by atoms with Gasteiger partial charge in [-0.3, -0.25) is 14.3 Å². The molecule has 2 aromatic rings. The molecule has 2 fully saturated rings. The largest absolute Gasteiger partial charge is 0.381 e. The molecule has 0 bridgehead atoms. The third-order valence-electron chi connectivity index (χ3n) is 5.90. The van der Waals surface area contributed by atoms with Crippen molar-refractivity contribution in [2.45, 2.75) is 38.0 Å². The zero-order valence-electron chi connectivity index (χ0n) is 18.4. The van der Waals surface area contributed by atoms with Crippen molar-refractivity contribution in [2.75, 3.05) is 19.5 Å². The van der Waals surface area contributed by atoms with Crippen LogP contribution in [0.25, 0.3) is 5.57 Å². The molecule has 2 N–H and O–H groups in total. The normalized spacial score (nSPS) is 19.0. The fourth-order valence-corrected chi connectivity index (χ4v) is 4.83. The number of hydrogen-bond acceptors (Lipinski definition) is 5. The van der Waals surface area contributed by atoms with Crippen LogP contribution in [0.2, 0.25) is 5.02 Å². The average Bonchev–Trinajstić information content (AvgIpc) is 3.45. The molecule has 1 aromatic carbocycles. The third kappa shape index (κ3) is 6.34. The van der Waals surface area contributed by atoms with Gasteiger partial charge in [-0.2, -0.15) is 0 Å². The number of halogens is 1. The first-order valence-corrected chi connectivity index (χ1v) is 13.3. The van der Waals surface area contributed by atoms with Crippen LogP contribution in [0.3, 0.4) is 0 Å². The summed E-state index contributed by atoms with van der Waals surface area (Å²) in [4.78, 5) is 27.5. The number of sulfonamides is 1. The molecule has 176 valence electrons. The van der Waals surface area contributed by atoms with Crippen molar-refractivity contribution in [3.8, 4) is 0 Å². The van der Waals surface area contributed by atoms with Gasteiger partial charge in [-0.15, -0.1) is 0 Å². The number of carbonyl (C=O) groups is 1. The number of H-pyrrole nitrogens is 1. The van der Waals surface area contributed by atoms with E-state index in [-0.39, 0.29) is 17.9 Å². The molecule has 33 heavy (non-hydrogen) atoms. The van der Waals surface area contributed by atoms with Gasteiger partial charge in [-0.05, 0) is 54.9 Å². The van der Waals surface area contributed by atoms with E-state index in [0.29, 0.717) is 30.6 Å². The van der Waals surface area contributed by atoms with Gasteiger partial charge >= 0.3 is 0 Å². The van der Waals surface area contributed by atoms with Crippen LogP contribution in [0, 0.1) is 5.92 Å². The lowest BCUT2D eigenvalue weighted by molar-refractivity contribution is -0.119. The molecule has 0 spiro atoms. The molecule has 1 aliphatic heterocycles. The second kappa shape index (κ2) is 9.83. The number of benzene rings is 1. The van der Waals surface area contributed by atoms with Gasteiger partial charge in [-0.1, -0.05) is 35.9 Å². The highest BCUT2D eigenvalue weighted by atomic mass is 35.5. The fraction of sp³-hybridized carbons (Fsp3) is 0.417. The number of pyridine rings is 1. The molecule has 1 atom stereocenters. The van der Waals surface area contributed by atoms with E-state index < -0.39 is 15.9 Å². The molecule has 2 heterocycles. The molecule has 1 aromatic heterocycles. The summed E-state index contributed by atoms with van der Waals surface area (Å²) >= 11 is 6.53. The monoisotopic (exact) mass is 490 g/mol. The number of rotatable bonds is 8. The van der Waals surface area contributed by atoms with E-state index >= 15 is 0 Å². The number of carbonyl (C=O) groups excluding carboxylic acids is 1. The molecule has 1 amide bonds. The van der Waals surface area contributed by atoms with E-state index in [1.807, 2.05) is 35.1 Å². The molecular formula is C24H27ClN2O5S. The van der Waals surface area contributed by atoms with Crippen molar-refractivity contribution >= 4 is 33.1 Å². The van der Waals surface area contributed by atoms with Gasteiger partial charge in [0.25, 0.3) is 5.56 Å². The minimum Gasteiger partial charge on any atom is -0.381 e. The molecule has 2 aliphatic rings. The van der Waals surface area contributed by atoms with E-state index in [0.717, 1.165) is 53.5 Å². The van der Waals surface area contributed by atoms with E-state index in [1.165, 1.54) is 0 Å². The Hall–Kier alpha value is -2.42. The summed E-state index contributed by atoms with van der Waals surface area (Å²) in [6.07, 6.45) is 6.41. The Morgan fingerprint density at radius 3 is 2.64 bits per heavy atom. The number of nitrogens with one attached hydrogen (secondary N) is 2. The number of aryl methyl sites for hydroxylation is 1. The smallest absolute Gasteiger partial charge is 0.251 e. The Bertz CT molecular complexity index is 1240. The maximum absolute atomic E-state index is 12.6. The highest BCUT2D eigenvalue weighted by Crippen LogP contribution is 2.38. The maximum Gasteiger partial charge on any atom is 0.251 e. The minimum atomic E-state index is -3.59. The SMILES string of the molecule is CS(=O)(=O)NC(=O)CCc1ccc(/C(=C\C2CCOC2)c2ccc(C3CC3)c(=O)[nH]2)cc1Cl. The third-order valence-corrected chi connectivity index (χ3v) is 6.85. The number of aromatic nitrogens is 1. The summed E-state index contributed by atoms with van der Waals surface area (Å²) in [7, 11) is -3.59. The van der Waals surface area contributed by atoms with Crippen LogP contribution in [0.4, 0.5) is 0 Å². The lowest BCUT2D eigenvalue weighted by atomic mass is 9.94. The molecule has 4 rings (SSSR count). The predicted octanol–water partition coefficient (Wildman–Crippen LogP) is 3.38. The molecule has 1 saturated heterocycles. The van der Waals surface area contributed by atoms with Crippen molar-refractivity contribution in [3.05, 3.63) is 74.2 Å². The Morgan fingerprint density at radius 1 is 1.24 bits per heavy atom. The molecule has 1 aliphatic carbocycles. The van der Waals surface area contributed by atoms with Gasteiger partial charge in [-0.25, -0.2) is 8.42 Å². The summed E-state index contributed by atoms with van der Waals surface area (Å²) in [5.74, 6) is 0.0321. The van der Waals surface area contributed by atoms with E-state index in [1.54, 1.807) is 0 Å². The van der Waals surface area contributed by atoms with Gasteiger partial charge in [0.15, 0.2) is 0 Å². The first kappa shape index (κ1) is 23.7. The van der Waals surface area contributed by atoms with Crippen LogP contribution in [-0.4, -0.2) is 38.8 Å². The van der Waals surface area contributed by atoms with Gasteiger partial charge < -0.3 is 9.72 Å². The first-order chi connectivity index (χ1) is 15.7. The number of ether oxygens (including phenoxy) is 1.